The van der Waals surface area contributed by atoms with Crippen LogP contribution in [0.3, 0.4) is 0 Å². The Balaban J connectivity index is 1.84. The highest BCUT2D eigenvalue weighted by molar-refractivity contribution is 4.87. The maximum absolute atomic E-state index is 9.91. The second-order valence-corrected chi connectivity index (χ2v) is 7.38. The van der Waals surface area contributed by atoms with Gasteiger partial charge in [-0.2, -0.15) is 0 Å². The zero-order valence-corrected chi connectivity index (χ0v) is 16.5. The molecule has 1 fully saturated rings. The predicted octanol–water partition coefficient (Wildman–Crippen LogP) is 3.35. The molecule has 0 radical (unpaired) electrons. The summed E-state index contributed by atoms with van der Waals surface area (Å²) in [6.45, 7) is 3.04. The van der Waals surface area contributed by atoms with Crippen LogP contribution < -0.4 is 0 Å². The van der Waals surface area contributed by atoms with Crippen molar-refractivity contribution in [1.29, 1.82) is 0 Å². The highest BCUT2D eigenvalue weighted by Gasteiger charge is 2.39. The van der Waals surface area contributed by atoms with Crippen LogP contribution in [0.25, 0.3) is 0 Å². The van der Waals surface area contributed by atoms with Crippen LogP contribution in [0.2, 0.25) is 0 Å². The number of hydrogen-bond donors (Lipinski definition) is 3. The van der Waals surface area contributed by atoms with Crippen LogP contribution in [-0.4, -0.2) is 59.6 Å². The average Bonchev–Trinajstić information content (AvgIpc) is 2.97. The van der Waals surface area contributed by atoms with Gasteiger partial charge in [-0.1, -0.05) is 57.6 Å². The standard InChI is InChI=1S/C21H40O5/c1-2-3-4-5-6-7-8-9-10-11-12-13-14-15-25-16-19(23)21-20(24)18(22)17-26-21/h10-11,18-24H,2-9,12-17H2,1H3/b11-10+/t18-,19+,20+,21+/m1/s1. The second kappa shape index (κ2) is 15.6. The van der Waals surface area contributed by atoms with Crippen molar-refractivity contribution in [3.8, 4) is 0 Å². The first-order chi connectivity index (χ1) is 12.7. The number of aliphatic hydroxyl groups is 3. The van der Waals surface area contributed by atoms with Crippen molar-refractivity contribution in [3.05, 3.63) is 12.2 Å². The molecule has 4 atom stereocenters. The van der Waals surface area contributed by atoms with Gasteiger partial charge in [-0.05, 0) is 32.1 Å². The molecule has 0 bridgehead atoms. The maximum Gasteiger partial charge on any atom is 0.114 e. The topological polar surface area (TPSA) is 79.2 Å². The molecule has 0 aromatic rings. The number of allylic oxidation sites excluding steroid dienone is 2. The monoisotopic (exact) mass is 372 g/mol. The zero-order chi connectivity index (χ0) is 19.0. The number of ether oxygens (including phenoxy) is 2. The van der Waals surface area contributed by atoms with Gasteiger partial charge in [-0.3, -0.25) is 0 Å². The van der Waals surface area contributed by atoms with Gasteiger partial charge in [0.25, 0.3) is 0 Å². The van der Waals surface area contributed by atoms with E-state index in [9.17, 15) is 15.3 Å². The molecule has 0 unspecified atom stereocenters. The minimum Gasteiger partial charge on any atom is -0.388 e. The van der Waals surface area contributed by atoms with E-state index in [0.717, 1.165) is 19.3 Å². The van der Waals surface area contributed by atoms with E-state index in [1.165, 1.54) is 51.4 Å². The predicted molar refractivity (Wildman–Crippen MR) is 104 cm³/mol. The lowest BCUT2D eigenvalue weighted by atomic mass is 10.1. The van der Waals surface area contributed by atoms with Crippen LogP contribution in [0.5, 0.6) is 0 Å². The van der Waals surface area contributed by atoms with Gasteiger partial charge in [0, 0.05) is 6.61 Å². The Bertz CT molecular complexity index is 347. The molecule has 5 nitrogen and oxygen atoms in total. The second-order valence-electron chi connectivity index (χ2n) is 7.38. The fourth-order valence-electron chi connectivity index (χ4n) is 3.18. The van der Waals surface area contributed by atoms with E-state index < -0.39 is 24.4 Å². The van der Waals surface area contributed by atoms with Crippen LogP contribution in [0.15, 0.2) is 12.2 Å². The first-order valence-electron chi connectivity index (χ1n) is 10.5. The Labute approximate surface area is 159 Å². The summed E-state index contributed by atoms with van der Waals surface area (Å²) >= 11 is 0. The van der Waals surface area contributed by atoms with Crippen molar-refractivity contribution in [2.75, 3.05) is 19.8 Å². The Morgan fingerprint density at radius 1 is 0.962 bits per heavy atom. The van der Waals surface area contributed by atoms with Gasteiger partial charge in [0.15, 0.2) is 0 Å². The number of aliphatic hydroxyl groups excluding tert-OH is 3. The molecule has 0 spiro atoms. The Morgan fingerprint density at radius 3 is 2.19 bits per heavy atom. The largest absolute Gasteiger partial charge is 0.388 e. The minimum absolute atomic E-state index is 0.0636. The maximum atomic E-state index is 9.91. The van der Waals surface area contributed by atoms with Crippen LogP contribution in [-0.2, 0) is 9.47 Å². The molecule has 0 amide bonds. The van der Waals surface area contributed by atoms with Gasteiger partial charge in [-0.15, -0.1) is 0 Å². The third-order valence-corrected chi connectivity index (χ3v) is 4.91. The molecule has 0 saturated carbocycles. The lowest BCUT2D eigenvalue weighted by molar-refractivity contribution is -0.0813. The molecule has 1 aliphatic heterocycles. The van der Waals surface area contributed by atoms with Crippen molar-refractivity contribution in [2.24, 2.45) is 0 Å². The summed E-state index contributed by atoms with van der Waals surface area (Å²) in [7, 11) is 0. The molecule has 0 aliphatic carbocycles. The molecular formula is C21H40O5. The highest BCUT2D eigenvalue weighted by Crippen LogP contribution is 2.17. The molecule has 3 N–H and O–H groups in total. The Kier molecular flexibility index (Phi) is 14.1. The van der Waals surface area contributed by atoms with Crippen LogP contribution in [0, 0.1) is 0 Å². The first-order valence-corrected chi connectivity index (χ1v) is 10.5. The SMILES string of the molecule is CCCCCCCCC/C=C/CCCCOC[C@H](O)[C@@H]1OC[C@@H](O)[C@@H]1O. The van der Waals surface area contributed by atoms with Gasteiger partial charge < -0.3 is 24.8 Å². The van der Waals surface area contributed by atoms with E-state index in [1.54, 1.807) is 0 Å². The van der Waals surface area contributed by atoms with Crippen molar-refractivity contribution in [3.63, 3.8) is 0 Å². The lowest BCUT2D eigenvalue weighted by Crippen LogP contribution is -2.40. The molecule has 1 heterocycles. The smallest absolute Gasteiger partial charge is 0.114 e. The summed E-state index contributed by atoms with van der Waals surface area (Å²) in [6, 6.07) is 0. The normalized spacial score (nSPS) is 24.5. The molecule has 26 heavy (non-hydrogen) atoms. The van der Waals surface area contributed by atoms with E-state index in [1.807, 2.05) is 0 Å². The van der Waals surface area contributed by atoms with Gasteiger partial charge in [-0.25, -0.2) is 0 Å². The first kappa shape index (κ1) is 23.6. The van der Waals surface area contributed by atoms with E-state index in [2.05, 4.69) is 19.1 Å². The molecular weight excluding hydrogens is 332 g/mol. The van der Waals surface area contributed by atoms with E-state index >= 15 is 0 Å². The van der Waals surface area contributed by atoms with Crippen molar-refractivity contribution < 1.29 is 24.8 Å². The molecule has 5 heteroatoms. The molecule has 1 saturated heterocycles. The fourth-order valence-corrected chi connectivity index (χ4v) is 3.18. The summed E-state index contributed by atoms with van der Waals surface area (Å²) in [5, 5.41) is 29.0. The van der Waals surface area contributed by atoms with Crippen molar-refractivity contribution in [2.45, 2.75) is 102 Å². The summed E-state index contributed by atoms with van der Waals surface area (Å²) in [4.78, 5) is 0. The Hall–Kier alpha value is -0.460. The van der Waals surface area contributed by atoms with Crippen LogP contribution in [0.1, 0.15) is 77.6 Å². The van der Waals surface area contributed by atoms with Crippen molar-refractivity contribution >= 4 is 0 Å². The summed E-state index contributed by atoms with van der Waals surface area (Å²) < 4.78 is 10.6. The lowest BCUT2D eigenvalue weighted by Gasteiger charge is -2.20. The quantitative estimate of drug-likeness (QED) is 0.286. The number of hydrogen-bond acceptors (Lipinski definition) is 5. The average molecular weight is 373 g/mol. The molecule has 1 rings (SSSR count). The molecule has 1 aliphatic rings. The fraction of sp³-hybridized carbons (Fsp3) is 0.905. The summed E-state index contributed by atoms with van der Waals surface area (Å²) in [5.41, 5.74) is 0. The van der Waals surface area contributed by atoms with Crippen molar-refractivity contribution in [1.82, 2.24) is 0 Å². The molecule has 154 valence electrons. The van der Waals surface area contributed by atoms with Crippen LogP contribution >= 0.6 is 0 Å². The third kappa shape index (κ3) is 10.6. The van der Waals surface area contributed by atoms with Gasteiger partial charge in [0.05, 0.1) is 13.2 Å². The third-order valence-electron chi connectivity index (χ3n) is 4.91. The van der Waals surface area contributed by atoms with Crippen LogP contribution in [0.4, 0.5) is 0 Å². The summed E-state index contributed by atoms with van der Waals surface area (Å²) in [5.74, 6) is 0. The highest BCUT2D eigenvalue weighted by atomic mass is 16.5. The van der Waals surface area contributed by atoms with E-state index in [4.69, 9.17) is 9.47 Å². The summed E-state index contributed by atoms with van der Waals surface area (Å²) in [6.07, 6.45) is 14.7. The van der Waals surface area contributed by atoms with Gasteiger partial charge in [0.1, 0.15) is 24.4 Å². The molecule has 0 aromatic heterocycles. The molecule has 0 aromatic carbocycles. The number of unbranched alkanes of at least 4 members (excludes halogenated alkanes) is 9. The minimum atomic E-state index is -1.03. The Morgan fingerprint density at radius 2 is 1.58 bits per heavy atom. The van der Waals surface area contributed by atoms with Gasteiger partial charge >= 0.3 is 0 Å². The van der Waals surface area contributed by atoms with E-state index in [0.29, 0.717) is 6.61 Å². The van der Waals surface area contributed by atoms with E-state index in [-0.39, 0.29) is 13.2 Å². The zero-order valence-electron chi connectivity index (χ0n) is 16.5. The number of rotatable bonds is 16. The van der Waals surface area contributed by atoms with Gasteiger partial charge in [0.2, 0.25) is 0 Å².